The first-order valence-electron chi connectivity index (χ1n) is 7.17. The van der Waals surface area contributed by atoms with E-state index in [1.165, 1.54) is 18.2 Å². The van der Waals surface area contributed by atoms with E-state index in [0.29, 0.717) is 5.56 Å². The number of nitro groups is 1. The van der Waals surface area contributed by atoms with Crippen molar-refractivity contribution < 1.29 is 18.9 Å². The van der Waals surface area contributed by atoms with Crippen LogP contribution in [0.15, 0.2) is 65.3 Å². The molecule has 0 N–H and O–H groups in total. The molecule has 0 saturated heterocycles. The summed E-state index contributed by atoms with van der Waals surface area (Å²) in [4.78, 5) is 21.8. The van der Waals surface area contributed by atoms with Crippen molar-refractivity contribution in [3.8, 4) is 0 Å². The molecule has 1 aromatic heterocycles. The van der Waals surface area contributed by atoms with Crippen LogP contribution in [0, 0.1) is 10.1 Å². The van der Waals surface area contributed by atoms with Crippen molar-refractivity contribution in [2.45, 2.75) is 6.61 Å². The zero-order valence-corrected chi connectivity index (χ0v) is 12.5. The highest BCUT2D eigenvalue weighted by molar-refractivity contribution is 5.88. The third-order valence-electron chi connectivity index (χ3n) is 3.42. The first-order valence-corrected chi connectivity index (χ1v) is 7.17. The average Bonchev–Trinajstić information content (AvgIpc) is 3.06. The number of non-ortho nitro benzene ring substituents is 1. The van der Waals surface area contributed by atoms with E-state index in [1.807, 2.05) is 24.3 Å². The molecule has 6 nitrogen and oxygen atoms in total. The number of ether oxygens (including phenoxy) is 1. The normalized spacial score (nSPS) is 11.0. The van der Waals surface area contributed by atoms with E-state index in [4.69, 9.17) is 9.15 Å². The summed E-state index contributed by atoms with van der Waals surface area (Å²) in [5.41, 5.74) is 2.32. The SMILES string of the molecule is O=C(/C=C/c1ccc2occc2c1)OCc1ccc([N+](=O)[O-])cc1. The van der Waals surface area contributed by atoms with Gasteiger partial charge in [-0.1, -0.05) is 6.07 Å². The monoisotopic (exact) mass is 323 g/mol. The molecule has 0 aliphatic carbocycles. The summed E-state index contributed by atoms with van der Waals surface area (Å²) in [6.07, 6.45) is 4.61. The Hall–Kier alpha value is -3.41. The molecule has 0 atom stereocenters. The molecule has 1 heterocycles. The van der Waals surface area contributed by atoms with Crippen LogP contribution in [-0.2, 0) is 16.1 Å². The first-order chi connectivity index (χ1) is 11.6. The summed E-state index contributed by atoms with van der Waals surface area (Å²) in [5.74, 6) is -0.486. The van der Waals surface area contributed by atoms with Crippen LogP contribution in [0.2, 0.25) is 0 Å². The quantitative estimate of drug-likeness (QED) is 0.305. The predicted molar refractivity (Wildman–Crippen MR) is 88.1 cm³/mol. The molecule has 6 heteroatoms. The molecule has 3 rings (SSSR count). The Morgan fingerprint density at radius 2 is 1.96 bits per heavy atom. The standard InChI is InChI=1S/C18H13NO5/c20-18(24-12-14-1-5-16(6-2-14)19(21)22)8-4-13-3-7-17-15(11-13)9-10-23-17/h1-11H,12H2/b8-4+. The second-order valence-corrected chi connectivity index (χ2v) is 5.08. The third kappa shape index (κ3) is 3.67. The van der Waals surface area contributed by atoms with Crippen molar-refractivity contribution in [1.29, 1.82) is 0 Å². The van der Waals surface area contributed by atoms with Gasteiger partial charge < -0.3 is 9.15 Å². The van der Waals surface area contributed by atoms with Crippen LogP contribution in [0.1, 0.15) is 11.1 Å². The van der Waals surface area contributed by atoms with Crippen LogP contribution in [0.3, 0.4) is 0 Å². The van der Waals surface area contributed by atoms with Gasteiger partial charge in [0.2, 0.25) is 0 Å². The lowest BCUT2D eigenvalue weighted by atomic mass is 10.1. The fraction of sp³-hybridized carbons (Fsp3) is 0.0556. The lowest BCUT2D eigenvalue weighted by molar-refractivity contribution is -0.384. The van der Waals surface area contributed by atoms with Gasteiger partial charge in [-0.25, -0.2) is 4.79 Å². The van der Waals surface area contributed by atoms with E-state index in [0.717, 1.165) is 16.5 Å². The van der Waals surface area contributed by atoms with Crippen LogP contribution in [0.25, 0.3) is 17.0 Å². The van der Waals surface area contributed by atoms with Crippen LogP contribution in [0.5, 0.6) is 0 Å². The van der Waals surface area contributed by atoms with E-state index in [1.54, 1.807) is 24.5 Å². The minimum absolute atomic E-state index is 0.000360. The number of hydrogen-bond donors (Lipinski definition) is 0. The first kappa shape index (κ1) is 15.5. The van der Waals surface area contributed by atoms with Gasteiger partial charge in [0.25, 0.3) is 5.69 Å². The highest BCUT2D eigenvalue weighted by Gasteiger charge is 2.05. The Bertz CT molecular complexity index is 909. The van der Waals surface area contributed by atoms with Gasteiger partial charge in [0.15, 0.2) is 0 Å². The van der Waals surface area contributed by atoms with E-state index >= 15 is 0 Å². The smallest absolute Gasteiger partial charge is 0.331 e. The van der Waals surface area contributed by atoms with Crippen molar-refractivity contribution in [1.82, 2.24) is 0 Å². The molecule has 0 saturated carbocycles. The molecule has 0 aliphatic heterocycles. The number of carbonyl (C=O) groups is 1. The summed E-state index contributed by atoms with van der Waals surface area (Å²) >= 11 is 0. The van der Waals surface area contributed by atoms with Crippen molar-refractivity contribution in [3.05, 3.63) is 82.1 Å². The van der Waals surface area contributed by atoms with Gasteiger partial charge in [-0.2, -0.15) is 0 Å². The summed E-state index contributed by atoms with van der Waals surface area (Å²) in [6.45, 7) is 0.0575. The Labute approximate surface area is 137 Å². The molecule has 0 bridgehead atoms. The molecular weight excluding hydrogens is 310 g/mol. The van der Waals surface area contributed by atoms with Gasteiger partial charge in [0.1, 0.15) is 12.2 Å². The highest BCUT2D eigenvalue weighted by atomic mass is 16.6. The number of nitrogens with zero attached hydrogens (tertiary/aromatic N) is 1. The molecule has 0 spiro atoms. The van der Waals surface area contributed by atoms with Gasteiger partial charge in [0.05, 0.1) is 11.2 Å². The summed E-state index contributed by atoms with van der Waals surface area (Å²) < 4.78 is 10.4. The van der Waals surface area contributed by atoms with Crippen LogP contribution >= 0.6 is 0 Å². The minimum atomic E-state index is -0.486. The summed E-state index contributed by atoms with van der Waals surface area (Å²) in [6, 6.07) is 13.3. The zero-order chi connectivity index (χ0) is 16.9. The van der Waals surface area contributed by atoms with Gasteiger partial charge in [-0.15, -0.1) is 0 Å². The van der Waals surface area contributed by atoms with Crippen molar-refractivity contribution in [2.24, 2.45) is 0 Å². The van der Waals surface area contributed by atoms with Gasteiger partial charge in [0, 0.05) is 23.6 Å². The summed E-state index contributed by atoms with van der Waals surface area (Å²) in [7, 11) is 0. The maximum absolute atomic E-state index is 11.7. The fourth-order valence-electron chi connectivity index (χ4n) is 2.17. The molecule has 0 aliphatic rings. The number of fused-ring (bicyclic) bond motifs is 1. The maximum atomic E-state index is 11.7. The maximum Gasteiger partial charge on any atom is 0.331 e. The Morgan fingerprint density at radius 1 is 1.17 bits per heavy atom. The van der Waals surface area contributed by atoms with Gasteiger partial charge in [-0.05, 0) is 47.5 Å². The Balaban J connectivity index is 1.57. The van der Waals surface area contributed by atoms with Gasteiger partial charge in [-0.3, -0.25) is 10.1 Å². The lowest BCUT2D eigenvalue weighted by Gasteiger charge is -2.02. The summed E-state index contributed by atoms with van der Waals surface area (Å²) in [5, 5.41) is 11.5. The largest absolute Gasteiger partial charge is 0.464 e. The zero-order valence-electron chi connectivity index (χ0n) is 12.5. The number of rotatable bonds is 5. The van der Waals surface area contributed by atoms with Crippen LogP contribution < -0.4 is 0 Å². The fourth-order valence-corrected chi connectivity index (χ4v) is 2.17. The minimum Gasteiger partial charge on any atom is -0.464 e. The lowest BCUT2D eigenvalue weighted by Crippen LogP contribution is -2.00. The molecule has 3 aromatic rings. The number of benzene rings is 2. The average molecular weight is 323 g/mol. The van der Waals surface area contributed by atoms with Crippen molar-refractivity contribution in [3.63, 3.8) is 0 Å². The number of esters is 1. The van der Waals surface area contributed by atoms with Crippen LogP contribution in [-0.4, -0.2) is 10.9 Å². The van der Waals surface area contributed by atoms with E-state index in [9.17, 15) is 14.9 Å². The molecule has 24 heavy (non-hydrogen) atoms. The van der Waals surface area contributed by atoms with Gasteiger partial charge >= 0.3 is 5.97 Å². The molecular formula is C18H13NO5. The number of carbonyl (C=O) groups excluding carboxylic acids is 1. The predicted octanol–water partition coefficient (Wildman–Crippen LogP) is 4.10. The number of furan rings is 1. The van der Waals surface area contributed by atoms with Crippen molar-refractivity contribution in [2.75, 3.05) is 0 Å². The van der Waals surface area contributed by atoms with Crippen molar-refractivity contribution >= 4 is 28.7 Å². The molecule has 0 fully saturated rings. The molecule has 0 radical (unpaired) electrons. The molecule has 0 unspecified atom stereocenters. The number of nitro benzene ring substituents is 1. The second kappa shape index (κ2) is 6.78. The topological polar surface area (TPSA) is 82.6 Å². The highest BCUT2D eigenvalue weighted by Crippen LogP contribution is 2.18. The third-order valence-corrected chi connectivity index (χ3v) is 3.42. The van der Waals surface area contributed by atoms with E-state index in [2.05, 4.69) is 0 Å². The van der Waals surface area contributed by atoms with Crippen LogP contribution in [0.4, 0.5) is 5.69 Å². The molecule has 2 aromatic carbocycles. The molecule has 0 amide bonds. The second-order valence-electron chi connectivity index (χ2n) is 5.08. The van der Waals surface area contributed by atoms with E-state index in [-0.39, 0.29) is 12.3 Å². The Kier molecular flexibility index (Phi) is 4.38. The van der Waals surface area contributed by atoms with E-state index < -0.39 is 10.9 Å². The Morgan fingerprint density at radius 3 is 2.71 bits per heavy atom. The molecule has 120 valence electrons. The number of hydrogen-bond acceptors (Lipinski definition) is 5.